The first-order chi connectivity index (χ1) is 10.3. The summed E-state index contributed by atoms with van der Waals surface area (Å²) in [5.74, 6) is 0. The minimum atomic E-state index is 0.285. The van der Waals surface area contributed by atoms with E-state index in [9.17, 15) is 0 Å². The highest BCUT2D eigenvalue weighted by atomic mass is 79.9. The van der Waals surface area contributed by atoms with Gasteiger partial charge in [-0.2, -0.15) is 0 Å². The molecule has 0 amide bonds. The standard InChI is InChI=1S/C19H20BrN/c20-18-8-6-17(7-9-18)19(12-21-13-19)11-14-4-5-15-2-1-3-16(15)10-14/h4-10,21H,1-3,11-13H2. The van der Waals surface area contributed by atoms with Gasteiger partial charge in [0, 0.05) is 23.0 Å². The van der Waals surface area contributed by atoms with Crippen LogP contribution >= 0.6 is 15.9 Å². The predicted octanol–water partition coefficient (Wildman–Crippen LogP) is 4.02. The quantitative estimate of drug-likeness (QED) is 0.888. The summed E-state index contributed by atoms with van der Waals surface area (Å²) in [6.07, 6.45) is 5.02. The minimum Gasteiger partial charge on any atom is -0.315 e. The number of rotatable bonds is 3. The van der Waals surface area contributed by atoms with Crippen LogP contribution in [0.4, 0.5) is 0 Å². The molecule has 2 aliphatic rings. The molecule has 1 nitrogen and oxygen atoms in total. The first-order valence-corrected chi connectivity index (χ1v) is 8.62. The Morgan fingerprint density at radius 2 is 1.71 bits per heavy atom. The molecule has 0 bridgehead atoms. The summed E-state index contributed by atoms with van der Waals surface area (Å²) in [6, 6.07) is 16.1. The van der Waals surface area contributed by atoms with Crippen molar-refractivity contribution in [3.05, 3.63) is 69.2 Å². The first-order valence-electron chi connectivity index (χ1n) is 7.83. The molecule has 1 fully saturated rings. The van der Waals surface area contributed by atoms with E-state index in [0.29, 0.717) is 0 Å². The molecular weight excluding hydrogens is 322 g/mol. The van der Waals surface area contributed by atoms with Crippen LogP contribution in [-0.4, -0.2) is 13.1 Å². The summed E-state index contributed by atoms with van der Waals surface area (Å²) in [6.45, 7) is 2.18. The minimum absolute atomic E-state index is 0.285. The summed E-state index contributed by atoms with van der Waals surface area (Å²) in [5, 5.41) is 3.48. The highest BCUT2D eigenvalue weighted by molar-refractivity contribution is 9.10. The molecule has 1 N–H and O–H groups in total. The van der Waals surface area contributed by atoms with Gasteiger partial charge in [0.05, 0.1) is 0 Å². The highest BCUT2D eigenvalue weighted by Crippen LogP contribution is 2.34. The van der Waals surface area contributed by atoms with Crippen molar-refractivity contribution in [3.8, 4) is 0 Å². The summed E-state index contributed by atoms with van der Waals surface area (Å²) < 4.78 is 1.16. The molecule has 0 spiro atoms. The van der Waals surface area contributed by atoms with Crippen LogP contribution in [0.5, 0.6) is 0 Å². The lowest BCUT2D eigenvalue weighted by Gasteiger charge is -2.43. The van der Waals surface area contributed by atoms with Gasteiger partial charge in [-0.1, -0.05) is 46.3 Å². The molecule has 1 aliphatic carbocycles. The molecule has 1 heterocycles. The Bertz CT molecular complexity index is 656. The average molecular weight is 342 g/mol. The highest BCUT2D eigenvalue weighted by Gasteiger charge is 2.38. The van der Waals surface area contributed by atoms with E-state index in [1.165, 1.54) is 30.4 Å². The zero-order chi connectivity index (χ0) is 14.3. The van der Waals surface area contributed by atoms with E-state index in [2.05, 4.69) is 63.7 Å². The van der Waals surface area contributed by atoms with Crippen LogP contribution in [0.1, 0.15) is 28.7 Å². The van der Waals surface area contributed by atoms with Gasteiger partial charge >= 0.3 is 0 Å². The zero-order valence-corrected chi connectivity index (χ0v) is 13.7. The maximum atomic E-state index is 3.54. The number of fused-ring (bicyclic) bond motifs is 1. The Kier molecular flexibility index (Phi) is 3.39. The van der Waals surface area contributed by atoms with E-state index in [1.54, 1.807) is 11.1 Å². The second-order valence-electron chi connectivity index (χ2n) is 6.52. The summed E-state index contributed by atoms with van der Waals surface area (Å²) in [7, 11) is 0. The molecule has 0 saturated carbocycles. The Labute approximate surface area is 134 Å². The fourth-order valence-electron chi connectivity index (χ4n) is 3.79. The Hall–Kier alpha value is -1.12. The number of hydrogen-bond acceptors (Lipinski definition) is 1. The van der Waals surface area contributed by atoms with Crippen LogP contribution in [0.25, 0.3) is 0 Å². The van der Waals surface area contributed by atoms with Crippen molar-refractivity contribution in [1.29, 1.82) is 0 Å². The Morgan fingerprint density at radius 1 is 0.952 bits per heavy atom. The topological polar surface area (TPSA) is 12.0 Å². The Balaban J connectivity index is 1.63. The van der Waals surface area contributed by atoms with Crippen molar-refractivity contribution < 1.29 is 0 Å². The molecule has 2 heteroatoms. The van der Waals surface area contributed by atoms with Gasteiger partial charge in [-0.3, -0.25) is 0 Å². The van der Waals surface area contributed by atoms with Crippen LogP contribution < -0.4 is 5.32 Å². The van der Waals surface area contributed by atoms with E-state index in [-0.39, 0.29) is 5.41 Å². The second-order valence-corrected chi connectivity index (χ2v) is 7.44. The van der Waals surface area contributed by atoms with Crippen molar-refractivity contribution in [2.45, 2.75) is 31.1 Å². The molecule has 108 valence electrons. The smallest absolute Gasteiger partial charge is 0.0242 e. The van der Waals surface area contributed by atoms with Gasteiger partial charge in [0.2, 0.25) is 0 Å². The van der Waals surface area contributed by atoms with Crippen LogP contribution in [0.15, 0.2) is 46.9 Å². The lowest BCUT2D eigenvalue weighted by Crippen LogP contribution is -2.58. The summed E-state index contributed by atoms with van der Waals surface area (Å²) in [5.41, 5.74) is 6.41. The van der Waals surface area contributed by atoms with Gasteiger partial charge in [-0.25, -0.2) is 0 Å². The van der Waals surface area contributed by atoms with Gasteiger partial charge in [0.25, 0.3) is 0 Å². The number of aryl methyl sites for hydroxylation is 2. The predicted molar refractivity (Wildman–Crippen MR) is 90.9 cm³/mol. The van der Waals surface area contributed by atoms with E-state index >= 15 is 0 Å². The molecule has 2 aromatic carbocycles. The molecule has 4 rings (SSSR count). The van der Waals surface area contributed by atoms with Gasteiger partial charge in [-0.05, 0) is 60.1 Å². The normalized spacial score (nSPS) is 19.1. The fourth-order valence-corrected chi connectivity index (χ4v) is 4.05. The number of nitrogens with one attached hydrogen (secondary N) is 1. The third kappa shape index (κ3) is 2.45. The van der Waals surface area contributed by atoms with Gasteiger partial charge in [-0.15, -0.1) is 0 Å². The largest absolute Gasteiger partial charge is 0.315 e. The van der Waals surface area contributed by atoms with Gasteiger partial charge < -0.3 is 5.32 Å². The second kappa shape index (κ2) is 5.26. The van der Waals surface area contributed by atoms with Crippen molar-refractivity contribution in [3.63, 3.8) is 0 Å². The molecule has 2 aromatic rings. The molecular formula is C19H20BrN. The molecule has 1 aliphatic heterocycles. The molecule has 21 heavy (non-hydrogen) atoms. The van der Waals surface area contributed by atoms with E-state index < -0.39 is 0 Å². The van der Waals surface area contributed by atoms with Crippen molar-refractivity contribution in [2.24, 2.45) is 0 Å². The third-order valence-electron chi connectivity index (χ3n) is 5.09. The number of halogens is 1. The van der Waals surface area contributed by atoms with E-state index in [4.69, 9.17) is 0 Å². The lowest BCUT2D eigenvalue weighted by atomic mass is 9.71. The van der Waals surface area contributed by atoms with Crippen LogP contribution in [0, 0.1) is 0 Å². The zero-order valence-electron chi connectivity index (χ0n) is 12.2. The SMILES string of the molecule is Brc1ccc(C2(Cc3ccc4c(c3)CCC4)CNC2)cc1. The molecule has 0 aromatic heterocycles. The van der Waals surface area contributed by atoms with E-state index in [1.807, 2.05) is 0 Å². The van der Waals surface area contributed by atoms with Gasteiger partial charge in [0.15, 0.2) is 0 Å². The maximum absolute atomic E-state index is 3.54. The monoisotopic (exact) mass is 341 g/mol. The van der Waals surface area contributed by atoms with Crippen LogP contribution in [-0.2, 0) is 24.7 Å². The molecule has 0 radical (unpaired) electrons. The fraction of sp³-hybridized carbons (Fsp3) is 0.368. The van der Waals surface area contributed by atoms with Gasteiger partial charge in [0.1, 0.15) is 0 Å². The number of hydrogen-bond donors (Lipinski definition) is 1. The van der Waals surface area contributed by atoms with Crippen LogP contribution in [0.2, 0.25) is 0 Å². The first kappa shape index (κ1) is 13.5. The molecule has 1 saturated heterocycles. The Morgan fingerprint density at radius 3 is 2.43 bits per heavy atom. The van der Waals surface area contributed by atoms with Crippen LogP contribution in [0.3, 0.4) is 0 Å². The number of benzene rings is 2. The van der Waals surface area contributed by atoms with Crippen molar-refractivity contribution in [1.82, 2.24) is 5.32 Å². The van der Waals surface area contributed by atoms with Crippen molar-refractivity contribution >= 4 is 15.9 Å². The lowest BCUT2D eigenvalue weighted by molar-refractivity contribution is 0.274. The van der Waals surface area contributed by atoms with Crippen molar-refractivity contribution in [2.75, 3.05) is 13.1 Å². The summed E-state index contributed by atoms with van der Waals surface area (Å²) in [4.78, 5) is 0. The maximum Gasteiger partial charge on any atom is 0.0242 e. The molecule has 0 atom stereocenters. The average Bonchev–Trinajstić information content (AvgIpc) is 2.91. The summed E-state index contributed by atoms with van der Waals surface area (Å²) >= 11 is 3.54. The molecule has 0 unspecified atom stereocenters. The van der Waals surface area contributed by atoms with E-state index in [0.717, 1.165) is 24.0 Å². The third-order valence-corrected chi connectivity index (χ3v) is 5.62.